The Hall–Kier alpha value is -3.04. The lowest BCUT2D eigenvalue weighted by Crippen LogP contribution is -2.36. The van der Waals surface area contributed by atoms with E-state index < -0.39 is 16.2 Å². The second-order valence-corrected chi connectivity index (χ2v) is 11.9. The summed E-state index contributed by atoms with van der Waals surface area (Å²) >= 11 is 0. The van der Waals surface area contributed by atoms with Crippen molar-refractivity contribution in [1.82, 2.24) is 23.6 Å². The molecule has 1 saturated heterocycles. The summed E-state index contributed by atoms with van der Waals surface area (Å²) < 4.78 is 43.8. The zero-order valence-corrected chi connectivity index (χ0v) is 21.1. The summed E-state index contributed by atoms with van der Waals surface area (Å²) in [6.07, 6.45) is 11.3. The van der Waals surface area contributed by atoms with Crippen molar-refractivity contribution in [2.24, 2.45) is 7.05 Å². The summed E-state index contributed by atoms with van der Waals surface area (Å²) in [7, 11) is -1.97. The van der Waals surface area contributed by atoms with Crippen LogP contribution in [0.1, 0.15) is 43.6 Å². The van der Waals surface area contributed by atoms with Crippen molar-refractivity contribution in [2.45, 2.75) is 55.1 Å². The average Bonchev–Trinajstić information content (AvgIpc) is 3.62. The summed E-state index contributed by atoms with van der Waals surface area (Å²) in [6, 6.07) is 11.0. The van der Waals surface area contributed by atoms with Gasteiger partial charge in [0, 0.05) is 61.3 Å². The lowest BCUT2D eigenvalue weighted by Gasteiger charge is -2.34. The summed E-state index contributed by atoms with van der Waals surface area (Å²) in [4.78, 5) is 7.24. The largest absolute Gasteiger partial charge is 0.297 e. The quantitative estimate of drug-likeness (QED) is 0.390. The van der Waals surface area contributed by atoms with Gasteiger partial charge in [-0.1, -0.05) is 18.2 Å². The van der Waals surface area contributed by atoms with Crippen LogP contribution in [0.5, 0.6) is 0 Å². The van der Waals surface area contributed by atoms with E-state index in [1.807, 2.05) is 19.4 Å². The molecule has 6 rings (SSSR count). The number of pyridine rings is 1. The maximum absolute atomic E-state index is 13.7. The van der Waals surface area contributed by atoms with Crippen LogP contribution in [0.25, 0.3) is 22.2 Å². The standard InChI is InChI=1S/C27H30FN5O2S/c1-31-16-21(15-30-31)26-18-33(36(34,35)24-5-3-2-4-6-24)27-25(26)13-20(14-29-27)19-7-9-23(10-8-19)32-12-11-22(28)17-32/h2-6,13-16,18-19,22-23H,7-12,17H2,1H3/t19-,22-,23-/m0/s1. The van der Waals surface area contributed by atoms with Crippen LogP contribution in [0.4, 0.5) is 4.39 Å². The average molecular weight is 508 g/mol. The van der Waals surface area contributed by atoms with Crippen molar-refractivity contribution < 1.29 is 12.8 Å². The first-order chi connectivity index (χ1) is 17.4. The van der Waals surface area contributed by atoms with Gasteiger partial charge >= 0.3 is 0 Å². The van der Waals surface area contributed by atoms with Crippen LogP contribution in [0.15, 0.2) is 66.1 Å². The predicted octanol–water partition coefficient (Wildman–Crippen LogP) is 4.74. The minimum Gasteiger partial charge on any atom is -0.297 e. The molecular weight excluding hydrogens is 477 g/mol. The highest BCUT2D eigenvalue weighted by atomic mass is 32.2. The molecule has 1 aliphatic carbocycles. The Morgan fingerprint density at radius 1 is 1.00 bits per heavy atom. The molecule has 2 aliphatic rings. The number of aryl methyl sites for hydroxylation is 1. The van der Waals surface area contributed by atoms with E-state index in [0.717, 1.165) is 54.3 Å². The van der Waals surface area contributed by atoms with Gasteiger partial charge in [0.15, 0.2) is 5.65 Å². The number of aromatic nitrogens is 4. The summed E-state index contributed by atoms with van der Waals surface area (Å²) in [6.45, 7) is 1.43. The van der Waals surface area contributed by atoms with E-state index in [4.69, 9.17) is 4.98 Å². The van der Waals surface area contributed by atoms with Crippen molar-refractivity contribution in [1.29, 1.82) is 0 Å². The van der Waals surface area contributed by atoms with Crippen LogP contribution >= 0.6 is 0 Å². The van der Waals surface area contributed by atoms with E-state index in [9.17, 15) is 12.8 Å². The zero-order valence-electron chi connectivity index (χ0n) is 20.3. The van der Waals surface area contributed by atoms with E-state index in [1.54, 1.807) is 47.4 Å². The summed E-state index contributed by atoms with van der Waals surface area (Å²) in [5, 5.41) is 5.11. The Bertz CT molecular complexity index is 1490. The molecule has 2 fully saturated rings. The van der Waals surface area contributed by atoms with Gasteiger partial charge in [0.25, 0.3) is 10.0 Å². The Kier molecular flexibility index (Phi) is 5.92. The first-order valence-corrected chi connectivity index (χ1v) is 14.0. The van der Waals surface area contributed by atoms with Crippen molar-refractivity contribution >= 4 is 21.1 Å². The molecule has 188 valence electrons. The van der Waals surface area contributed by atoms with Gasteiger partial charge in [-0.15, -0.1) is 0 Å². The first kappa shape index (κ1) is 23.4. The highest BCUT2D eigenvalue weighted by molar-refractivity contribution is 7.90. The van der Waals surface area contributed by atoms with Gasteiger partial charge in [0.2, 0.25) is 0 Å². The molecule has 0 radical (unpaired) electrons. The summed E-state index contributed by atoms with van der Waals surface area (Å²) in [5.41, 5.74) is 3.20. The molecule has 3 aromatic heterocycles. The van der Waals surface area contributed by atoms with E-state index in [0.29, 0.717) is 30.6 Å². The van der Waals surface area contributed by atoms with Gasteiger partial charge in [-0.05, 0) is 61.8 Å². The van der Waals surface area contributed by atoms with Crippen LogP contribution < -0.4 is 0 Å². The highest BCUT2D eigenvalue weighted by Crippen LogP contribution is 2.39. The molecule has 1 saturated carbocycles. The van der Waals surface area contributed by atoms with Crippen LogP contribution in [0.3, 0.4) is 0 Å². The maximum atomic E-state index is 13.7. The Balaban J connectivity index is 1.36. The molecule has 1 atom stereocenters. The van der Waals surface area contributed by atoms with Crippen LogP contribution in [0, 0.1) is 0 Å². The number of alkyl halides is 1. The minimum absolute atomic E-state index is 0.223. The molecule has 1 aromatic carbocycles. The Morgan fingerprint density at radius 3 is 2.44 bits per heavy atom. The summed E-state index contributed by atoms with van der Waals surface area (Å²) in [5.74, 6) is 0.359. The van der Waals surface area contributed by atoms with Crippen LogP contribution in [-0.2, 0) is 17.1 Å². The molecule has 36 heavy (non-hydrogen) atoms. The van der Waals surface area contributed by atoms with Gasteiger partial charge in [-0.2, -0.15) is 5.10 Å². The first-order valence-electron chi connectivity index (χ1n) is 12.6. The van der Waals surface area contributed by atoms with E-state index in [1.165, 1.54) is 3.97 Å². The topological polar surface area (TPSA) is 73.0 Å². The molecule has 9 heteroatoms. The van der Waals surface area contributed by atoms with Crippen molar-refractivity contribution in [3.8, 4) is 11.1 Å². The van der Waals surface area contributed by atoms with Crippen molar-refractivity contribution in [3.05, 3.63) is 66.7 Å². The fraction of sp³-hybridized carbons (Fsp3) is 0.407. The van der Waals surface area contributed by atoms with E-state index >= 15 is 0 Å². The Labute approximate surface area is 210 Å². The van der Waals surface area contributed by atoms with Gasteiger partial charge in [-0.3, -0.25) is 9.58 Å². The maximum Gasteiger partial charge on any atom is 0.269 e. The predicted molar refractivity (Wildman–Crippen MR) is 137 cm³/mol. The molecule has 4 aromatic rings. The third kappa shape index (κ3) is 4.14. The van der Waals surface area contributed by atoms with Gasteiger partial charge < -0.3 is 0 Å². The van der Waals surface area contributed by atoms with Gasteiger partial charge in [0.1, 0.15) is 6.17 Å². The second kappa shape index (κ2) is 9.12. The van der Waals surface area contributed by atoms with Crippen LogP contribution in [-0.4, -0.2) is 57.4 Å². The van der Waals surface area contributed by atoms with Gasteiger partial charge in [-0.25, -0.2) is 21.8 Å². The van der Waals surface area contributed by atoms with E-state index in [2.05, 4.69) is 16.1 Å². The number of halogens is 1. The molecule has 0 N–H and O–H groups in total. The number of hydrogen-bond acceptors (Lipinski definition) is 5. The number of benzene rings is 1. The lowest BCUT2D eigenvalue weighted by atomic mass is 9.81. The second-order valence-electron chi connectivity index (χ2n) is 10.1. The zero-order chi connectivity index (χ0) is 24.9. The molecule has 4 heterocycles. The molecule has 0 amide bonds. The number of fused-ring (bicyclic) bond motifs is 1. The monoisotopic (exact) mass is 507 g/mol. The smallest absolute Gasteiger partial charge is 0.269 e. The normalized spacial score (nSPS) is 23.4. The van der Waals surface area contributed by atoms with Crippen molar-refractivity contribution in [3.63, 3.8) is 0 Å². The number of nitrogens with zero attached hydrogens (tertiary/aromatic N) is 5. The molecule has 0 bridgehead atoms. The van der Waals surface area contributed by atoms with Crippen molar-refractivity contribution in [2.75, 3.05) is 13.1 Å². The fourth-order valence-electron chi connectivity index (χ4n) is 5.85. The highest BCUT2D eigenvalue weighted by Gasteiger charge is 2.32. The van der Waals surface area contributed by atoms with Crippen LogP contribution in [0.2, 0.25) is 0 Å². The SMILES string of the molecule is Cn1cc(-c2cn(S(=O)(=O)c3ccccc3)c3ncc([C@H]4CC[C@H](N5CC[C@H](F)C5)CC4)cc23)cn1. The third-order valence-corrected chi connectivity index (χ3v) is 9.46. The molecule has 0 spiro atoms. The number of likely N-dealkylation sites (tertiary alicyclic amines) is 1. The third-order valence-electron chi connectivity index (χ3n) is 7.80. The molecule has 0 unspecified atom stereocenters. The molecule has 1 aliphatic heterocycles. The number of hydrogen-bond donors (Lipinski definition) is 0. The van der Waals surface area contributed by atoms with Gasteiger partial charge in [0.05, 0.1) is 11.1 Å². The molecular formula is C27H30FN5O2S. The molecule has 7 nitrogen and oxygen atoms in total. The minimum atomic E-state index is -3.81. The number of rotatable bonds is 5. The fourth-order valence-corrected chi connectivity index (χ4v) is 7.19. The van der Waals surface area contributed by atoms with E-state index in [-0.39, 0.29) is 4.90 Å². The Morgan fingerprint density at radius 2 is 1.78 bits per heavy atom. The lowest BCUT2D eigenvalue weighted by molar-refractivity contribution is 0.170.